The van der Waals surface area contributed by atoms with Gasteiger partial charge in [0.2, 0.25) is 0 Å². The maximum atomic E-state index is 6.00. The van der Waals surface area contributed by atoms with Crippen molar-refractivity contribution in [3.05, 3.63) is 0 Å². The standard InChI is InChI=1S/C8H15NO/c9-7-3-1-2-4-8(7)5-10-6-8/h7H,1-6,9H2. The number of nitrogens with two attached hydrogens (primary N) is 1. The lowest BCUT2D eigenvalue weighted by Crippen LogP contribution is -2.56. The SMILES string of the molecule is NC1CCCCC12COC2. The smallest absolute Gasteiger partial charge is 0.0559 e. The van der Waals surface area contributed by atoms with E-state index in [9.17, 15) is 0 Å². The maximum absolute atomic E-state index is 6.00. The summed E-state index contributed by atoms with van der Waals surface area (Å²) in [5.41, 5.74) is 6.41. The summed E-state index contributed by atoms with van der Waals surface area (Å²) in [6.45, 7) is 1.85. The molecule has 0 bridgehead atoms. The zero-order chi connectivity index (χ0) is 7.03. The Balaban J connectivity index is 2.03. The van der Waals surface area contributed by atoms with Crippen LogP contribution in [0.5, 0.6) is 0 Å². The maximum Gasteiger partial charge on any atom is 0.0559 e. The van der Waals surface area contributed by atoms with E-state index in [4.69, 9.17) is 10.5 Å². The summed E-state index contributed by atoms with van der Waals surface area (Å²) < 4.78 is 5.21. The number of ether oxygens (including phenoxy) is 1. The highest BCUT2D eigenvalue weighted by atomic mass is 16.5. The first-order valence-corrected chi connectivity index (χ1v) is 4.17. The van der Waals surface area contributed by atoms with Crippen LogP contribution in [0.15, 0.2) is 0 Å². The van der Waals surface area contributed by atoms with Crippen molar-refractivity contribution in [2.75, 3.05) is 13.2 Å². The molecular formula is C8H15NO. The molecule has 1 aliphatic carbocycles. The van der Waals surface area contributed by atoms with Gasteiger partial charge in [0, 0.05) is 11.5 Å². The largest absolute Gasteiger partial charge is 0.380 e. The van der Waals surface area contributed by atoms with Gasteiger partial charge < -0.3 is 10.5 Å². The highest BCUT2D eigenvalue weighted by Crippen LogP contribution is 2.41. The first-order chi connectivity index (χ1) is 4.83. The molecular weight excluding hydrogens is 126 g/mol. The number of rotatable bonds is 0. The van der Waals surface area contributed by atoms with Crippen LogP contribution in [0.2, 0.25) is 0 Å². The van der Waals surface area contributed by atoms with Gasteiger partial charge in [-0.05, 0) is 12.8 Å². The molecule has 2 fully saturated rings. The molecule has 2 heteroatoms. The van der Waals surface area contributed by atoms with Crippen LogP contribution in [-0.2, 0) is 4.74 Å². The van der Waals surface area contributed by atoms with E-state index in [0.717, 1.165) is 13.2 Å². The summed E-state index contributed by atoms with van der Waals surface area (Å²) in [6.07, 6.45) is 5.19. The molecule has 2 aliphatic rings. The van der Waals surface area contributed by atoms with Crippen molar-refractivity contribution >= 4 is 0 Å². The van der Waals surface area contributed by atoms with Crippen LogP contribution >= 0.6 is 0 Å². The lowest BCUT2D eigenvalue weighted by molar-refractivity contribution is -0.140. The number of hydrogen-bond donors (Lipinski definition) is 1. The molecule has 0 aromatic heterocycles. The van der Waals surface area contributed by atoms with Gasteiger partial charge in [-0.1, -0.05) is 12.8 Å². The van der Waals surface area contributed by atoms with Gasteiger partial charge in [0.1, 0.15) is 0 Å². The Hall–Kier alpha value is -0.0800. The molecule has 1 spiro atoms. The zero-order valence-corrected chi connectivity index (χ0v) is 6.31. The Morgan fingerprint density at radius 3 is 2.50 bits per heavy atom. The molecule has 1 atom stereocenters. The first-order valence-electron chi connectivity index (χ1n) is 4.17. The normalized spacial score (nSPS) is 37.5. The molecule has 1 unspecified atom stereocenters. The minimum absolute atomic E-state index is 0.415. The Morgan fingerprint density at radius 1 is 1.30 bits per heavy atom. The Kier molecular flexibility index (Phi) is 1.46. The van der Waals surface area contributed by atoms with Crippen molar-refractivity contribution in [3.8, 4) is 0 Å². The molecule has 0 radical (unpaired) electrons. The van der Waals surface area contributed by atoms with Crippen molar-refractivity contribution in [2.45, 2.75) is 31.7 Å². The van der Waals surface area contributed by atoms with E-state index in [1.807, 2.05) is 0 Å². The minimum atomic E-state index is 0.415. The van der Waals surface area contributed by atoms with Crippen LogP contribution in [0.4, 0.5) is 0 Å². The predicted octanol–water partition coefficient (Wildman–Crippen LogP) is 0.904. The summed E-state index contributed by atoms with van der Waals surface area (Å²) in [5.74, 6) is 0. The molecule has 1 saturated heterocycles. The Labute approximate surface area is 61.7 Å². The average molecular weight is 141 g/mol. The monoisotopic (exact) mass is 141 g/mol. The van der Waals surface area contributed by atoms with E-state index in [1.165, 1.54) is 25.7 Å². The van der Waals surface area contributed by atoms with Gasteiger partial charge in [0.25, 0.3) is 0 Å². The fraction of sp³-hybridized carbons (Fsp3) is 1.00. The van der Waals surface area contributed by atoms with E-state index in [0.29, 0.717) is 11.5 Å². The van der Waals surface area contributed by atoms with Crippen molar-refractivity contribution in [2.24, 2.45) is 11.1 Å². The van der Waals surface area contributed by atoms with Crippen LogP contribution in [0, 0.1) is 5.41 Å². The predicted molar refractivity (Wildman–Crippen MR) is 39.7 cm³/mol. The quantitative estimate of drug-likeness (QED) is 0.544. The van der Waals surface area contributed by atoms with Gasteiger partial charge >= 0.3 is 0 Å². The fourth-order valence-corrected chi connectivity index (χ4v) is 2.06. The molecule has 2 nitrogen and oxygen atoms in total. The fourth-order valence-electron chi connectivity index (χ4n) is 2.06. The third-order valence-electron chi connectivity index (χ3n) is 3.01. The topological polar surface area (TPSA) is 35.2 Å². The van der Waals surface area contributed by atoms with Crippen LogP contribution in [-0.4, -0.2) is 19.3 Å². The van der Waals surface area contributed by atoms with Gasteiger partial charge in [0.15, 0.2) is 0 Å². The summed E-state index contributed by atoms with van der Waals surface area (Å²) in [5, 5.41) is 0. The van der Waals surface area contributed by atoms with Crippen LogP contribution in [0.1, 0.15) is 25.7 Å². The highest BCUT2D eigenvalue weighted by molar-refractivity contribution is 4.96. The Morgan fingerprint density at radius 2 is 2.10 bits per heavy atom. The van der Waals surface area contributed by atoms with Crippen molar-refractivity contribution < 1.29 is 4.74 Å². The van der Waals surface area contributed by atoms with E-state index >= 15 is 0 Å². The molecule has 0 aromatic carbocycles. The lowest BCUT2D eigenvalue weighted by Gasteiger charge is -2.48. The molecule has 1 aliphatic heterocycles. The summed E-state index contributed by atoms with van der Waals surface area (Å²) in [4.78, 5) is 0. The van der Waals surface area contributed by atoms with E-state index < -0.39 is 0 Å². The highest BCUT2D eigenvalue weighted by Gasteiger charge is 2.44. The van der Waals surface area contributed by atoms with Crippen LogP contribution < -0.4 is 5.73 Å². The van der Waals surface area contributed by atoms with Crippen molar-refractivity contribution in [1.82, 2.24) is 0 Å². The van der Waals surface area contributed by atoms with E-state index in [2.05, 4.69) is 0 Å². The van der Waals surface area contributed by atoms with Crippen LogP contribution in [0.3, 0.4) is 0 Å². The molecule has 10 heavy (non-hydrogen) atoms. The third kappa shape index (κ3) is 0.789. The second kappa shape index (κ2) is 2.21. The van der Waals surface area contributed by atoms with Gasteiger partial charge in [-0.2, -0.15) is 0 Å². The van der Waals surface area contributed by atoms with E-state index in [1.54, 1.807) is 0 Å². The van der Waals surface area contributed by atoms with Gasteiger partial charge in [-0.25, -0.2) is 0 Å². The number of hydrogen-bond acceptors (Lipinski definition) is 2. The van der Waals surface area contributed by atoms with Gasteiger partial charge in [-0.3, -0.25) is 0 Å². The molecule has 58 valence electrons. The summed E-state index contributed by atoms with van der Waals surface area (Å²) >= 11 is 0. The van der Waals surface area contributed by atoms with Crippen molar-refractivity contribution in [1.29, 1.82) is 0 Å². The first kappa shape index (κ1) is 6.62. The minimum Gasteiger partial charge on any atom is -0.380 e. The summed E-state index contributed by atoms with van der Waals surface area (Å²) in [7, 11) is 0. The molecule has 2 rings (SSSR count). The van der Waals surface area contributed by atoms with Crippen molar-refractivity contribution in [3.63, 3.8) is 0 Å². The molecule has 2 N–H and O–H groups in total. The summed E-state index contributed by atoms with van der Waals surface area (Å²) in [6, 6.07) is 0.426. The molecule has 1 heterocycles. The Bertz CT molecular complexity index is 131. The van der Waals surface area contributed by atoms with E-state index in [-0.39, 0.29) is 0 Å². The average Bonchev–Trinajstić information content (AvgIpc) is 1.85. The molecule has 0 amide bonds. The third-order valence-corrected chi connectivity index (χ3v) is 3.01. The second-order valence-electron chi connectivity index (χ2n) is 3.71. The lowest BCUT2D eigenvalue weighted by atomic mass is 9.69. The molecule has 1 saturated carbocycles. The second-order valence-corrected chi connectivity index (χ2v) is 3.71. The van der Waals surface area contributed by atoms with Crippen LogP contribution in [0.25, 0.3) is 0 Å². The van der Waals surface area contributed by atoms with Gasteiger partial charge in [0.05, 0.1) is 13.2 Å². The zero-order valence-electron chi connectivity index (χ0n) is 6.31. The molecule has 0 aromatic rings. The van der Waals surface area contributed by atoms with Gasteiger partial charge in [-0.15, -0.1) is 0 Å².